The molecule has 0 saturated heterocycles. The molecule has 1 fully saturated rings. The first-order chi connectivity index (χ1) is 9.97. The Hall–Kier alpha value is -1.99. The smallest absolute Gasteiger partial charge is 0.240 e. The quantitative estimate of drug-likeness (QED) is 0.818. The van der Waals surface area contributed by atoms with E-state index in [0.29, 0.717) is 18.3 Å². The highest BCUT2D eigenvalue weighted by Gasteiger charge is 2.32. The minimum absolute atomic E-state index is 0.0369. The van der Waals surface area contributed by atoms with Gasteiger partial charge in [0.2, 0.25) is 10.0 Å². The number of anilines is 2. The third-order valence-corrected chi connectivity index (χ3v) is 4.52. The summed E-state index contributed by atoms with van der Waals surface area (Å²) in [6, 6.07) is 8.95. The number of furan rings is 1. The second-order valence-corrected chi connectivity index (χ2v) is 6.70. The Morgan fingerprint density at radius 3 is 2.57 bits per heavy atom. The van der Waals surface area contributed by atoms with E-state index in [1.165, 1.54) is 6.07 Å². The van der Waals surface area contributed by atoms with Gasteiger partial charge < -0.3 is 15.1 Å². The molecule has 3 rings (SSSR count). The van der Waals surface area contributed by atoms with Gasteiger partial charge in [0.1, 0.15) is 10.7 Å². The van der Waals surface area contributed by atoms with Gasteiger partial charge in [0.05, 0.1) is 24.2 Å². The van der Waals surface area contributed by atoms with E-state index in [2.05, 4.69) is 4.90 Å². The van der Waals surface area contributed by atoms with Crippen LogP contribution in [0.4, 0.5) is 11.4 Å². The average molecular weight is 307 g/mol. The SMILES string of the molecule is Nc1c(N(Cc2ccco2)C2CC2)cccc1S(N)(=O)=O. The Kier molecular flexibility index (Phi) is 3.38. The molecule has 112 valence electrons. The Morgan fingerprint density at radius 1 is 1.24 bits per heavy atom. The van der Waals surface area contributed by atoms with Gasteiger partial charge in [-0.2, -0.15) is 0 Å². The van der Waals surface area contributed by atoms with Crippen molar-refractivity contribution in [3.8, 4) is 0 Å². The summed E-state index contributed by atoms with van der Waals surface area (Å²) in [5.41, 5.74) is 6.91. The number of primary sulfonamides is 1. The van der Waals surface area contributed by atoms with E-state index in [1.807, 2.05) is 18.2 Å². The van der Waals surface area contributed by atoms with Crippen molar-refractivity contribution in [2.45, 2.75) is 30.3 Å². The van der Waals surface area contributed by atoms with Crippen molar-refractivity contribution in [3.63, 3.8) is 0 Å². The molecule has 21 heavy (non-hydrogen) atoms. The van der Waals surface area contributed by atoms with E-state index in [1.54, 1.807) is 12.3 Å². The van der Waals surface area contributed by atoms with Crippen LogP contribution in [0.1, 0.15) is 18.6 Å². The van der Waals surface area contributed by atoms with Gasteiger partial charge >= 0.3 is 0 Å². The van der Waals surface area contributed by atoms with Gasteiger partial charge in [0, 0.05) is 6.04 Å². The molecule has 1 aliphatic carbocycles. The number of nitrogen functional groups attached to an aromatic ring is 1. The highest BCUT2D eigenvalue weighted by atomic mass is 32.2. The Morgan fingerprint density at radius 2 is 2.00 bits per heavy atom. The summed E-state index contributed by atoms with van der Waals surface area (Å²) in [6.07, 6.45) is 3.73. The van der Waals surface area contributed by atoms with E-state index >= 15 is 0 Å². The molecular weight excluding hydrogens is 290 g/mol. The first-order valence-corrected chi connectivity index (χ1v) is 8.22. The van der Waals surface area contributed by atoms with E-state index in [-0.39, 0.29) is 10.6 Å². The van der Waals surface area contributed by atoms with Crippen LogP contribution < -0.4 is 15.8 Å². The predicted octanol–water partition coefficient (Wildman–Crippen LogP) is 1.68. The van der Waals surface area contributed by atoms with Gasteiger partial charge in [-0.25, -0.2) is 13.6 Å². The maximum atomic E-state index is 11.6. The molecule has 7 heteroatoms. The number of rotatable bonds is 5. The van der Waals surface area contributed by atoms with Gasteiger partial charge in [0.25, 0.3) is 0 Å². The molecule has 1 aliphatic rings. The summed E-state index contributed by atoms with van der Waals surface area (Å²) in [4.78, 5) is 2.04. The number of benzene rings is 1. The van der Waals surface area contributed by atoms with Crippen LogP contribution in [0.3, 0.4) is 0 Å². The maximum absolute atomic E-state index is 11.6. The molecule has 0 radical (unpaired) electrons. The van der Waals surface area contributed by atoms with Crippen molar-refractivity contribution in [1.29, 1.82) is 0 Å². The first kappa shape index (κ1) is 14.0. The predicted molar refractivity (Wildman–Crippen MR) is 80.1 cm³/mol. The topological polar surface area (TPSA) is 103 Å². The zero-order chi connectivity index (χ0) is 15.0. The standard InChI is InChI=1S/C14H17N3O3S/c15-14-12(4-1-5-13(14)21(16,18)19)17(10-6-7-10)9-11-3-2-8-20-11/h1-5,8,10H,6-7,9,15H2,(H2,16,18,19). The van der Waals surface area contributed by atoms with Gasteiger partial charge in [-0.05, 0) is 37.1 Å². The van der Waals surface area contributed by atoms with Crippen molar-refractivity contribution in [1.82, 2.24) is 0 Å². The first-order valence-electron chi connectivity index (χ1n) is 6.67. The van der Waals surface area contributed by atoms with Crippen LogP contribution in [0, 0.1) is 0 Å². The minimum atomic E-state index is -3.83. The van der Waals surface area contributed by atoms with Crippen LogP contribution in [0.2, 0.25) is 0 Å². The molecule has 0 bridgehead atoms. The minimum Gasteiger partial charge on any atom is -0.467 e. The number of sulfonamides is 1. The number of hydrogen-bond acceptors (Lipinski definition) is 5. The number of para-hydroxylation sites is 1. The number of nitrogens with two attached hydrogens (primary N) is 2. The van der Waals surface area contributed by atoms with Gasteiger partial charge in [-0.1, -0.05) is 6.07 Å². The molecule has 0 unspecified atom stereocenters. The Labute approximate surface area is 123 Å². The number of nitrogens with zero attached hydrogens (tertiary/aromatic N) is 1. The molecule has 0 amide bonds. The lowest BCUT2D eigenvalue weighted by molar-refractivity contribution is 0.501. The molecular formula is C14H17N3O3S. The van der Waals surface area contributed by atoms with E-state index < -0.39 is 10.0 Å². The fraction of sp³-hybridized carbons (Fsp3) is 0.286. The van der Waals surface area contributed by atoms with Gasteiger partial charge in [-0.3, -0.25) is 0 Å². The van der Waals surface area contributed by atoms with Crippen LogP contribution in [0.25, 0.3) is 0 Å². The van der Waals surface area contributed by atoms with Crippen molar-refractivity contribution < 1.29 is 12.8 Å². The molecule has 1 saturated carbocycles. The van der Waals surface area contributed by atoms with E-state index in [9.17, 15) is 8.42 Å². The van der Waals surface area contributed by atoms with Gasteiger partial charge in [-0.15, -0.1) is 0 Å². The molecule has 0 aliphatic heterocycles. The third-order valence-electron chi connectivity index (χ3n) is 3.55. The number of hydrogen-bond donors (Lipinski definition) is 2. The molecule has 6 nitrogen and oxygen atoms in total. The van der Waals surface area contributed by atoms with E-state index in [0.717, 1.165) is 18.6 Å². The van der Waals surface area contributed by atoms with Crippen LogP contribution in [0.5, 0.6) is 0 Å². The van der Waals surface area contributed by atoms with Crippen LogP contribution in [-0.2, 0) is 16.6 Å². The summed E-state index contributed by atoms with van der Waals surface area (Å²) in [5.74, 6) is 0.808. The fourth-order valence-corrected chi connectivity index (χ4v) is 3.08. The van der Waals surface area contributed by atoms with Crippen LogP contribution in [0.15, 0.2) is 45.9 Å². The largest absolute Gasteiger partial charge is 0.467 e. The van der Waals surface area contributed by atoms with E-state index in [4.69, 9.17) is 15.3 Å². The summed E-state index contributed by atoms with van der Waals surface area (Å²) < 4.78 is 28.6. The molecule has 1 aromatic carbocycles. The van der Waals surface area contributed by atoms with Crippen LogP contribution >= 0.6 is 0 Å². The fourth-order valence-electron chi connectivity index (χ4n) is 2.40. The average Bonchev–Trinajstić information content (AvgIpc) is 3.13. The second-order valence-electron chi connectivity index (χ2n) is 5.17. The maximum Gasteiger partial charge on any atom is 0.240 e. The highest BCUT2D eigenvalue weighted by Crippen LogP contribution is 2.38. The summed E-state index contributed by atoms with van der Waals surface area (Å²) >= 11 is 0. The lowest BCUT2D eigenvalue weighted by Crippen LogP contribution is -2.26. The summed E-state index contributed by atoms with van der Waals surface area (Å²) in [6.45, 7) is 0.552. The normalized spacial score (nSPS) is 15.1. The zero-order valence-corrected chi connectivity index (χ0v) is 12.2. The molecule has 0 spiro atoms. The molecule has 2 aromatic rings. The second kappa shape index (κ2) is 5.09. The Balaban J connectivity index is 2.00. The Bertz CT molecular complexity index is 737. The zero-order valence-electron chi connectivity index (χ0n) is 11.4. The van der Waals surface area contributed by atoms with Crippen LogP contribution in [-0.4, -0.2) is 14.5 Å². The molecule has 0 atom stereocenters. The van der Waals surface area contributed by atoms with Crippen molar-refractivity contribution >= 4 is 21.4 Å². The van der Waals surface area contributed by atoms with Crippen molar-refractivity contribution in [2.75, 3.05) is 10.6 Å². The molecule has 1 aromatic heterocycles. The third kappa shape index (κ3) is 2.88. The molecule has 4 N–H and O–H groups in total. The lowest BCUT2D eigenvalue weighted by Gasteiger charge is -2.25. The summed E-state index contributed by atoms with van der Waals surface area (Å²) in [7, 11) is -3.83. The highest BCUT2D eigenvalue weighted by molar-refractivity contribution is 7.89. The summed E-state index contributed by atoms with van der Waals surface area (Å²) in [5, 5.41) is 5.21. The van der Waals surface area contributed by atoms with Crippen molar-refractivity contribution in [2.24, 2.45) is 5.14 Å². The van der Waals surface area contributed by atoms with Crippen molar-refractivity contribution in [3.05, 3.63) is 42.4 Å². The molecule has 1 heterocycles. The monoisotopic (exact) mass is 307 g/mol. The van der Waals surface area contributed by atoms with Gasteiger partial charge in [0.15, 0.2) is 0 Å². The lowest BCUT2D eigenvalue weighted by atomic mass is 10.2.